The molecule has 0 radical (unpaired) electrons. The number of hydrogen-bond donors (Lipinski definition) is 1. The Morgan fingerprint density at radius 3 is 2.93 bits per heavy atom. The highest BCUT2D eigenvalue weighted by molar-refractivity contribution is 7.98. The van der Waals surface area contributed by atoms with E-state index in [0.717, 1.165) is 29.9 Å². The quantitative estimate of drug-likeness (QED) is 0.483. The minimum absolute atomic E-state index is 0.182. The fourth-order valence-corrected chi connectivity index (χ4v) is 3.24. The molecule has 1 N–H and O–H groups in total. The molecule has 0 unspecified atom stereocenters. The molecular formula is C16H19N7O3S. The summed E-state index contributed by atoms with van der Waals surface area (Å²) in [5.74, 6) is 0.754. The van der Waals surface area contributed by atoms with Gasteiger partial charge < -0.3 is 19.5 Å². The molecule has 27 heavy (non-hydrogen) atoms. The summed E-state index contributed by atoms with van der Waals surface area (Å²) in [4.78, 5) is 23.4. The van der Waals surface area contributed by atoms with Crippen molar-refractivity contribution in [3.05, 3.63) is 24.2 Å². The van der Waals surface area contributed by atoms with Crippen molar-refractivity contribution in [2.24, 2.45) is 0 Å². The lowest BCUT2D eigenvalue weighted by Gasteiger charge is -2.28. The van der Waals surface area contributed by atoms with E-state index in [1.54, 1.807) is 10.9 Å². The molecule has 0 bridgehead atoms. The molecule has 3 aromatic rings. The molecule has 1 fully saturated rings. The fraction of sp³-hybridized carbons (Fsp3) is 0.438. The van der Waals surface area contributed by atoms with Gasteiger partial charge in [0.2, 0.25) is 5.76 Å². The average Bonchev–Trinajstić information content (AvgIpc) is 3.38. The van der Waals surface area contributed by atoms with E-state index in [9.17, 15) is 4.79 Å². The first-order valence-corrected chi connectivity index (χ1v) is 9.78. The maximum atomic E-state index is 11.9. The Bertz CT molecular complexity index is 922. The zero-order chi connectivity index (χ0) is 18.6. The molecule has 0 saturated carbocycles. The number of amides is 1. The number of nitrogens with zero attached hydrogens (tertiary/aromatic N) is 6. The van der Waals surface area contributed by atoms with Crippen molar-refractivity contribution in [2.75, 3.05) is 44.0 Å². The first kappa shape index (κ1) is 17.7. The van der Waals surface area contributed by atoms with E-state index in [0.29, 0.717) is 31.5 Å². The van der Waals surface area contributed by atoms with Crippen LogP contribution < -0.4 is 10.2 Å². The lowest BCUT2D eigenvalue weighted by molar-refractivity contribution is 0.0915. The molecule has 4 rings (SSSR count). The number of morpholine rings is 1. The summed E-state index contributed by atoms with van der Waals surface area (Å²) >= 11 is 1.49. The largest absolute Gasteiger partial charge is 0.378 e. The second kappa shape index (κ2) is 7.92. The Hall–Kier alpha value is -2.66. The first-order chi connectivity index (χ1) is 13.3. The number of thioether (sulfide) groups is 1. The average molecular weight is 389 g/mol. The Morgan fingerprint density at radius 2 is 2.19 bits per heavy atom. The van der Waals surface area contributed by atoms with E-state index >= 15 is 0 Å². The Labute approximate surface area is 159 Å². The van der Waals surface area contributed by atoms with E-state index in [1.807, 2.05) is 6.26 Å². The lowest BCUT2D eigenvalue weighted by atomic mass is 10.3. The van der Waals surface area contributed by atoms with Crippen LogP contribution in [0.25, 0.3) is 11.0 Å². The predicted octanol–water partition coefficient (Wildman–Crippen LogP) is 0.803. The third-order valence-corrected chi connectivity index (χ3v) is 4.77. The highest BCUT2D eigenvalue weighted by Gasteiger charge is 2.20. The van der Waals surface area contributed by atoms with Gasteiger partial charge in [-0.25, -0.2) is 14.6 Å². The number of rotatable bonds is 6. The minimum atomic E-state index is -0.308. The number of carbonyl (C=O) groups is 1. The Kier molecular flexibility index (Phi) is 5.21. The van der Waals surface area contributed by atoms with Crippen LogP contribution in [0.3, 0.4) is 0 Å². The van der Waals surface area contributed by atoms with Crippen molar-refractivity contribution in [2.45, 2.75) is 11.7 Å². The second-order valence-electron chi connectivity index (χ2n) is 5.87. The molecule has 11 heteroatoms. The Morgan fingerprint density at radius 1 is 1.33 bits per heavy atom. The molecule has 0 aliphatic carbocycles. The van der Waals surface area contributed by atoms with Crippen LogP contribution >= 0.6 is 11.8 Å². The molecule has 3 aromatic heterocycles. The smallest absolute Gasteiger partial charge is 0.289 e. The van der Waals surface area contributed by atoms with Gasteiger partial charge in [0.1, 0.15) is 5.82 Å². The SMILES string of the molecule is CSc1nc(N2CCOCC2)c2cnn(CCNC(=O)c3ccno3)c2n1. The van der Waals surface area contributed by atoms with Crippen LogP contribution in [0.2, 0.25) is 0 Å². The predicted molar refractivity (Wildman–Crippen MR) is 99.0 cm³/mol. The molecule has 142 valence electrons. The highest BCUT2D eigenvalue weighted by atomic mass is 32.2. The van der Waals surface area contributed by atoms with Crippen molar-refractivity contribution >= 4 is 34.5 Å². The van der Waals surface area contributed by atoms with Gasteiger partial charge >= 0.3 is 0 Å². The third kappa shape index (κ3) is 3.74. The van der Waals surface area contributed by atoms with Gasteiger partial charge in [0, 0.05) is 25.7 Å². The number of anilines is 1. The highest BCUT2D eigenvalue weighted by Crippen LogP contribution is 2.27. The van der Waals surface area contributed by atoms with Gasteiger partial charge in [-0.2, -0.15) is 5.10 Å². The zero-order valence-corrected chi connectivity index (χ0v) is 15.6. The molecule has 1 saturated heterocycles. The van der Waals surface area contributed by atoms with Crippen LogP contribution in [0, 0.1) is 0 Å². The van der Waals surface area contributed by atoms with Crippen LogP contribution in [-0.4, -0.2) is 69.9 Å². The number of fused-ring (bicyclic) bond motifs is 1. The molecule has 4 heterocycles. The molecule has 10 nitrogen and oxygen atoms in total. The van der Waals surface area contributed by atoms with E-state index < -0.39 is 0 Å². The van der Waals surface area contributed by atoms with Gasteiger partial charge in [-0.05, 0) is 6.26 Å². The zero-order valence-electron chi connectivity index (χ0n) is 14.8. The summed E-state index contributed by atoms with van der Waals surface area (Å²) in [5, 5.41) is 12.4. The molecule has 0 aromatic carbocycles. The number of carbonyl (C=O) groups excluding carboxylic acids is 1. The monoisotopic (exact) mass is 389 g/mol. The summed E-state index contributed by atoms with van der Waals surface area (Å²) < 4.78 is 12.1. The van der Waals surface area contributed by atoms with Crippen molar-refractivity contribution in [3.8, 4) is 0 Å². The van der Waals surface area contributed by atoms with Crippen LogP contribution in [0.5, 0.6) is 0 Å². The Balaban J connectivity index is 1.54. The van der Waals surface area contributed by atoms with E-state index in [1.165, 1.54) is 24.0 Å². The lowest BCUT2D eigenvalue weighted by Crippen LogP contribution is -2.37. The van der Waals surface area contributed by atoms with E-state index in [4.69, 9.17) is 9.26 Å². The van der Waals surface area contributed by atoms with Gasteiger partial charge in [-0.3, -0.25) is 4.79 Å². The standard InChI is InChI=1S/C16H19N7O3S/c1-27-16-20-13(22-6-8-25-9-7-22)11-10-18-23(14(11)21-16)5-4-17-15(24)12-2-3-19-26-12/h2-3,10H,4-9H2,1H3,(H,17,24). The van der Waals surface area contributed by atoms with Gasteiger partial charge in [-0.1, -0.05) is 16.9 Å². The van der Waals surface area contributed by atoms with Gasteiger partial charge in [0.15, 0.2) is 10.8 Å². The normalized spacial score (nSPS) is 14.6. The summed E-state index contributed by atoms with van der Waals surface area (Å²) in [6.45, 7) is 3.82. The number of ether oxygens (including phenoxy) is 1. The minimum Gasteiger partial charge on any atom is -0.378 e. The maximum absolute atomic E-state index is 11.9. The van der Waals surface area contributed by atoms with Gasteiger partial charge in [-0.15, -0.1) is 0 Å². The molecule has 0 atom stereocenters. The first-order valence-electron chi connectivity index (χ1n) is 8.55. The molecule has 1 amide bonds. The van der Waals surface area contributed by atoms with Crippen LogP contribution in [0.4, 0.5) is 5.82 Å². The molecule has 0 spiro atoms. The number of hydrogen-bond acceptors (Lipinski definition) is 9. The fourth-order valence-electron chi connectivity index (χ4n) is 2.89. The van der Waals surface area contributed by atoms with E-state index in [2.05, 4.69) is 30.4 Å². The van der Waals surface area contributed by atoms with E-state index in [-0.39, 0.29) is 11.7 Å². The number of nitrogens with one attached hydrogen (secondary N) is 1. The van der Waals surface area contributed by atoms with Crippen LogP contribution in [0.1, 0.15) is 10.6 Å². The third-order valence-electron chi connectivity index (χ3n) is 4.22. The second-order valence-corrected chi connectivity index (χ2v) is 6.64. The van der Waals surface area contributed by atoms with Crippen molar-refractivity contribution in [3.63, 3.8) is 0 Å². The van der Waals surface area contributed by atoms with Crippen molar-refractivity contribution < 1.29 is 14.1 Å². The topological polar surface area (TPSA) is 111 Å². The summed E-state index contributed by atoms with van der Waals surface area (Å²) in [6.07, 6.45) is 5.16. The van der Waals surface area contributed by atoms with Crippen molar-refractivity contribution in [1.82, 2.24) is 30.2 Å². The van der Waals surface area contributed by atoms with Gasteiger partial charge in [0.05, 0.1) is 37.5 Å². The molecule has 1 aliphatic heterocycles. The van der Waals surface area contributed by atoms with Crippen LogP contribution in [-0.2, 0) is 11.3 Å². The molecule has 1 aliphatic rings. The summed E-state index contributed by atoms with van der Waals surface area (Å²) in [6, 6.07) is 1.52. The van der Waals surface area contributed by atoms with Gasteiger partial charge in [0.25, 0.3) is 5.91 Å². The summed E-state index contributed by atoms with van der Waals surface area (Å²) in [7, 11) is 0. The summed E-state index contributed by atoms with van der Waals surface area (Å²) in [5.41, 5.74) is 0.754. The number of aromatic nitrogens is 5. The van der Waals surface area contributed by atoms with Crippen LogP contribution in [0.15, 0.2) is 28.1 Å². The maximum Gasteiger partial charge on any atom is 0.289 e. The molecular weight excluding hydrogens is 370 g/mol. The van der Waals surface area contributed by atoms with Crippen molar-refractivity contribution in [1.29, 1.82) is 0 Å².